The number of unbranched alkanes of at least 4 members (excludes halogenated alkanes) is 6. The third-order valence-electron chi connectivity index (χ3n) is 3.11. The van der Waals surface area contributed by atoms with Gasteiger partial charge in [-0.25, -0.2) is 0 Å². The summed E-state index contributed by atoms with van der Waals surface area (Å²) < 4.78 is 5.90. The lowest BCUT2D eigenvalue weighted by Crippen LogP contribution is -2.33. The minimum atomic E-state index is -0.126. The van der Waals surface area contributed by atoms with Crippen molar-refractivity contribution in [2.75, 3.05) is 5.88 Å². The molecule has 0 aliphatic rings. The van der Waals surface area contributed by atoms with Crippen LogP contribution in [0.2, 0.25) is 0 Å². The standard InChI is InChI=1S/C15H31ClO/c1-5-6-7-8-9-10-11-12-15(4,13-16)17-14(2)3/h14H,5-13H2,1-4H3. The molecule has 0 spiro atoms. The van der Waals surface area contributed by atoms with E-state index in [-0.39, 0.29) is 11.7 Å². The molecule has 1 atom stereocenters. The maximum Gasteiger partial charge on any atom is 0.0792 e. The van der Waals surface area contributed by atoms with Crippen molar-refractivity contribution < 1.29 is 4.74 Å². The van der Waals surface area contributed by atoms with Crippen LogP contribution >= 0.6 is 11.6 Å². The van der Waals surface area contributed by atoms with Gasteiger partial charge in [0.25, 0.3) is 0 Å². The molecule has 0 aliphatic heterocycles. The van der Waals surface area contributed by atoms with Crippen LogP contribution in [0.25, 0.3) is 0 Å². The fraction of sp³-hybridized carbons (Fsp3) is 1.00. The number of hydrogen-bond donors (Lipinski definition) is 0. The molecule has 104 valence electrons. The molecule has 0 aliphatic carbocycles. The summed E-state index contributed by atoms with van der Waals surface area (Å²) in [6.45, 7) is 8.55. The SMILES string of the molecule is CCCCCCCCCC(C)(CCl)OC(C)C. The first-order chi connectivity index (χ1) is 8.04. The van der Waals surface area contributed by atoms with Crippen molar-refractivity contribution in [3.63, 3.8) is 0 Å². The van der Waals surface area contributed by atoms with Crippen molar-refractivity contribution in [2.45, 2.75) is 90.8 Å². The third kappa shape index (κ3) is 9.91. The highest BCUT2D eigenvalue weighted by atomic mass is 35.5. The lowest BCUT2D eigenvalue weighted by Gasteiger charge is -2.30. The minimum Gasteiger partial charge on any atom is -0.371 e. The third-order valence-corrected chi connectivity index (χ3v) is 3.68. The van der Waals surface area contributed by atoms with Crippen molar-refractivity contribution >= 4 is 11.6 Å². The van der Waals surface area contributed by atoms with Crippen molar-refractivity contribution in [3.05, 3.63) is 0 Å². The molecule has 0 aromatic carbocycles. The molecular weight excluding hydrogens is 232 g/mol. The highest BCUT2D eigenvalue weighted by Crippen LogP contribution is 2.23. The van der Waals surface area contributed by atoms with Gasteiger partial charge in [0.15, 0.2) is 0 Å². The lowest BCUT2D eigenvalue weighted by atomic mass is 9.98. The normalized spacial score (nSPS) is 15.2. The summed E-state index contributed by atoms with van der Waals surface area (Å²) in [7, 11) is 0. The van der Waals surface area contributed by atoms with Crippen molar-refractivity contribution in [3.8, 4) is 0 Å². The number of ether oxygens (including phenoxy) is 1. The van der Waals surface area contributed by atoms with E-state index in [1.807, 2.05) is 0 Å². The number of hydrogen-bond acceptors (Lipinski definition) is 1. The highest BCUT2D eigenvalue weighted by molar-refractivity contribution is 6.18. The summed E-state index contributed by atoms with van der Waals surface area (Å²) in [6, 6.07) is 0. The Labute approximate surface area is 113 Å². The maximum absolute atomic E-state index is 6.01. The fourth-order valence-corrected chi connectivity index (χ4v) is 2.38. The molecule has 0 aromatic heterocycles. The molecule has 0 heterocycles. The zero-order valence-electron chi connectivity index (χ0n) is 12.2. The molecule has 0 amide bonds. The van der Waals surface area contributed by atoms with Crippen LogP contribution in [0.15, 0.2) is 0 Å². The topological polar surface area (TPSA) is 9.23 Å². The van der Waals surface area contributed by atoms with Gasteiger partial charge in [0.2, 0.25) is 0 Å². The second-order valence-corrected chi connectivity index (χ2v) is 5.89. The largest absolute Gasteiger partial charge is 0.371 e. The summed E-state index contributed by atoms with van der Waals surface area (Å²) in [6.07, 6.45) is 10.8. The van der Waals surface area contributed by atoms with E-state index in [1.165, 1.54) is 44.9 Å². The zero-order valence-corrected chi connectivity index (χ0v) is 13.0. The van der Waals surface area contributed by atoms with Crippen molar-refractivity contribution in [1.29, 1.82) is 0 Å². The second kappa shape index (κ2) is 10.2. The Morgan fingerprint density at radius 2 is 1.53 bits per heavy atom. The van der Waals surface area contributed by atoms with Crippen LogP contribution in [-0.4, -0.2) is 17.6 Å². The minimum absolute atomic E-state index is 0.126. The second-order valence-electron chi connectivity index (χ2n) is 5.62. The van der Waals surface area contributed by atoms with Gasteiger partial charge < -0.3 is 4.74 Å². The Balaban J connectivity index is 3.55. The van der Waals surface area contributed by atoms with E-state index in [9.17, 15) is 0 Å². The first-order valence-corrected chi connectivity index (χ1v) is 7.81. The van der Waals surface area contributed by atoms with Crippen LogP contribution in [0.5, 0.6) is 0 Å². The predicted octanol–water partition coefficient (Wildman–Crippen LogP) is 5.55. The van der Waals surface area contributed by atoms with Crippen molar-refractivity contribution in [2.24, 2.45) is 0 Å². The van der Waals surface area contributed by atoms with E-state index in [1.54, 1.807) is 0 Å². The molecule has 0 N–H and O–H groups in total. The first kappa shape index (κ1) is 17.2. The first-order valence-electron chi connectivity index (χ1n) is 7.28. The van der Waals surface area contributed by atoms with E-state index >= 15 is 0 Å². The zero-order chi connectivity index (χ0) is 13.1. The van der Waals surface area contributed by atoms with Gasteiger partial charge in [-0.2, -0.15) is 0 Å². The molecule has 17 heavy (non-hydrogen) atoms. The molecule has 0 rings (SSSR count). The molecule has 0 fully saturated rings. The number of halogens is 1. The van der Waals surface area contributed by atoms with Gasteiger partial charge in [-0.05, 0) is 27.2 Å². The molecule has 0 saturated heterocycles. The number of alkyl halides is 1. The average molecular weight is 263 g/mol. The Bertz CT molecular complexity index is 170. The molecule has 0 aromatic rings. The van der Waals surface area contributed by atoms with Gasteiger partial charge in [0.05, 0.1) is 17.6 Å². The molecule has 0 radical (unpaired) electrons. The maximum atomic E-state index is 6.01. The smallest absolute Gasteiger partial charge is 0.0792 e. The lowest BCUT2D eigenvalue weighted by molar-refractivity contribution is -0.0590. The molecule has 0 saturated carbocycles. The van der Waals surface area contributed by atoms with Crippen LogP contribution < -0.4 is 0 Å². The van der Waals surface area contributed by atoms with Gasteiger partial charge in [-0.3, -0.25) is 0 Å². The van der Waals surface area contributed by atoms with E-state index < -0.39 is 0 Å². The Hall–Kier alpha value is 0.250. The van der Waals surface area contributed by atoms with Gasteiger partial charge in [0.1, 0.15) is 0 Å². The monoisotopic (exact) mass is 262 g/mol. The molecule has 1 unspecified atom stereocenters. The average Bonchev–Trinajstić information content (AvgIpc) is 2.27. The summed E-state index contributed by atoms with van der Waals surface area (Å²) in [5, 5.41) is 0. The highest BCUT2D eigenvalue weighted by Gasteiger charge is 2.24. The summed E-state index contributed by atoms with van der Waals surface area (Å²) in [5.41, 5.74) is -0.126. The van der Waals surface area contributed by atoms with Gasteiger partial charge in [-0.15, -0.1) is 11.6 Å². The van der Waals surface area contributed by atoms with Crippen LogP contribution in [0.4, 0.5) is 0 Å². The van der Waals surface area contributed by atoms with Crippen molar-refractivity contribution in [1.82, 2.24) is 0 Å². The van der Waals surface area contributed by atoms with Crippen LogP contribution in [0.1, 0.15) is 79.1 Å². The van der Waals surface area contributed by atoms with Gasteiger partial charge in [-0.1, -0.05) is 51.9 Å². The number of rotatable bonds is 11. The quantitative estimate of drug-likeness (QED) is 0.350. The molecular formula is C15H31ClO. The van der Waals surface area contributed by atoms with E-state index in [2.05, 4.69) is 27.7 Å². The summed E-state index contributed by atoms with van der Waals surface area (Å²) >= 11 is 6.01. The van der Waals surface area contributed by atoms with Crippen LogP contribution in [0, 0.1) is 0 Å². The van der Waals surface area contributed by atoms with E-state index in [4.69, 9.17) is 16.3 Å². The fourth-order valence-electron chi connectivity index (χ4n) is 2.18. The Kier molecular flexibility index (Phi) is 10.3. The van der Waals surface area contributed by atoms with Gasteiger partial charge >= 0.3 is 0 Å². The summed E-state index contributed by atoms with van der Waals surface area (Å²) in [4.78, 5) is 0. The molecule has 1 nitrogen and oxygen atoms in total. The van der Waals surface area contributed by atoms with E-state index in [0.717, 1.165) is 6.42 Å². The predicted molar refractivity (Wildman–Crippen MR) is 78.0 cm³/mol. The van der Waals surface area contributed by atoms with Gasteiger partial charge in [0, 0.05) is 0 Å². The molecule has 0 bridgehead atoms. The van der Waals surface area contributed by atoms with Crippen LogP contribution in [0.3, 0.4) is 0 Å². The summed E-state index contributed by atoms with van der Waals surface area (Å²) in [5.74, 6) is 0.598. The molecule has 2 heteroatoms. The Morgan fingerprint density at radius 3 is 2.00 bits per heavy atom. The Morgan fingerprint density at radius 1 is 1.00 bits per heavy atom. The van der Waals surface area contributed by atoms with Crippen LogP contribution in [-0.2, 0) is 4.74 Å². The van der Waals surface area contributed by atoms with E-state index in [0.29, 0.717) is 5.88 Å².